The van der Waals surface area contributed by atoms with E-state index in [1.54, 1.807) is 6.26 Å². The zero-order chi connectivity index (χ0) is 23.9. The molecule has 1 aromatic carbocycles. The molecule has 6 N–H and O–H groups in total. The first-order valence-corrected chi connectivity index (χ1v) is 11.1. The number of carbonyl (C=O) groups is 1. The average molecular weight is 472 g/mol. The van der Waals surface area contributed by atoms with Gasteiger partial charge in [-0.25, -0.2) is 4.98 Å². The van der Waals surface area contributed by atoms with Crippen LogP contribution in [-0.4, -0.2) is 53.7 Å². The zero-order valence-corrected chi connectivity index (χ0v) is 19.0. The van der Waals surface area contributed by atoms with E-state index in [4.69, 9.17) is 11.5 Å². The Labute approximate surface area is 189 Å². The summed E-state index contributed by atoms with van der Waals surface area (Å²) < 4.78 is 39.0. The van der Waals surface area contributed by atoms with Gasteiger partial charge in [0, 0.05) is 5.69 Å². The molecule has 0 spiro atoms. The molecule has 2 aromatic rings. The topological polar surface area (TPSA) is 122 Å². The van der Waals surface area contributed by atoms with Crippen LogP contribution in [0.3, 0.4) is 0 Å². The summed E-state index contributed by atoms with van der Waals surface area (Å²) in [6.07, 6.45) is -0.787. The lowest BCUT2D eigenvalue weighted by Gasteiger charge is -2.21. The number of rotatable bonds is 10. The molecule has 1 atom stereocenters. The van der Waals surface area contributed by atoms with E-state index in [2.05, 4.69) is 20.6 Å². The predicted molar refractivity (Wildman–Crippen MR) is 123 cm³/mol. The molecule has 0 aliphatic rings. The van der Waals surface area contributed by atoms with Gasteiger partial charge in [-0.2, -0.15) is 18.2 Å². The fraction of sp³-hybridized carbons (Fsp3) is 0.450. The Hall–Kier alpha value is -2.73. The van der Waals surface area contributed by atoms with Gasteiger partial charge in [-0.1, -0.05) is 6.07 Å². The monoisotopic (exact) mass is 471 g/mol. The van der Waals surface area contributed by atoms with Crippen LogP contribution in [0.5, 0.6) is 0 Å². The van der Waals surface area contributed by atoms with Crippen LogP contribution in [0.15, 0.2) is 29.3 Å². The SMILES string of the molecule is CSc1nc(N)nc(N[C@@H](CCCCN(C)C)C(=O)Nc2cccc(C(F)(F)F)c2)c1N. The van der Waals surface area contributed by atoms with Crippen molar-refractivity contribution in [2.24, 2.45) is 0 Å². The lowest BCUT2D eigenvalue weighted by molar-refractivity contribution is -0.137. The normalized spacial score (nSPS) is 12.6. The van der Waals surface area contributed by atoms with Crippen molar-refractivity contribution in [2.75, 3.05) is 49.0 Å². The largest absolute Gasteiger partial charge is 0.416 e. The van der Waals surface area contributed by atoms with Gasteiger partial charge in [0.25, 0.3) is 0 Å². The number of benzene rings is 1. The minimum absolute atomic E-state index is 0.00399. The summed E-state index contributed by atoms with van der Waals surface area (Å²) in [7, 11) is 3.90. The second kappa shape index (κ2) is 11.2. The minimum Gasteiger partial charge on any atom is -0.394 e. The van der Waals surface area contributed by atoms with E-state index >= 15 is 0 Å². The van der Waals surface area contributed by atoms with Crippen molar-refractivity contribution in [3.05, 3.63) is 29.8 Å². The van der Waals surface area contributed by atoms with Crippen LogP contribution in [0, 0.1) is 0 Å². The van der Waals surface area contributed by atoms with Crippen LogP contribution in [-0.2, 0) is 11.0 Å². The predicted octanol–water partition coefficient (Wildman–Crippen LogP) is 3.53. The van der Waals surface area contributed by atoms with E-state index in [1.165, 1.54) is 23.9 Å². The van der Waals surface area contributed by atoms with Gasteiger partial charge in [0.1, 0.15) is 16.8 Å². The molecule has 8 nitrogen and oxygen atoms in total. The van der Waals surface area contributed by atoms with E-state index in [0.717, 1.165) is 25.1 Å². The number of anilines is 4. The third-order valence-electron chi connectivity index (χ3n) is 4.55. The molecule has 1 aromatic heterocycles. The smallest absolute Gasteiger partial charge is 0.394 e. The molecule has 1 amide bonds. The number of nitrogen functional groups attached to an aromatic ring is 2. The Morgan fingerprint density at radius 3 is 2.56 bits per heavy atom. The highest BCUT2D eigenvalue weighted by Gasteiger charge is 2.31. The third kappa shape index (κ3) is 7.45. The van der Waals surface area contributed by atoms with E-state index in [-0.39, 0.29) is 23.1 Å². The highest BCUT2D eigenvalue weighted by molar-refractivity contribution is 7.98. The summed E-state index contributed by atoms with van der Waals surface area (Å²) in [4.78, 5) is 23.1. The number of aromatic nitrogens is 2. The van der Waals surface area contributed by atoms with E-state index in [1.807, 2.05) is 19.0 Å². The number of alkyl halides is 3. The van der Waals surface area contributed by atoms with Crippen molar-refractivity contribution in [3.8, 4) is 0 Å². The van der Waals surface area contributed by atoms with Crippen molar-refractivity contribution >= 4 is 40.8 Å². The molecule has 0 saturated heterocycles. The lowest BCUT2D eigenvalue weighted by atomic mass is 10.1. The maximum Gasteiger partial charge on any atom is 0.416 e. The highest BCUT2D eigenvalue weighted by atomic mass is 32.2. The van der Waals surface area contributed by atoms with Crippen LogP contribution < -0.4 is 22.1 Å². The fourth-order valence-electron chi connectivity index (χ4n) is 2.94. The second-order valence-electron chi connectivity index (χ2n) is 7.42. The first-order valence-electron chi connectivity index (χ1n) is 9.87. The molecule has 0 aliphatic heterocycles. The van der Waals surface area contributed by atoms with Crippen molar-refractivity contribution in [1.82, 2.24) is 14.9 Å². The fourth-order valence-corrected chi connectivity index (χ4v) is 3.45. The highest BCUT2D eigenvalue weighted by Crippen LogP contribution is 2.31. The first-order chi connectivity index (χ1) is 15.0. The van der Waals surface area contributed by atoms with Crippen molar-refractivity contribution in [1.29, 1.82) is 0 Å². The number of halogens is 3. The summed E-state index contributed by atoms with van der Waals surface area (Å²) in [6, 6.07) is 3.69. The van der Waals surface area contributed by atoms with Crippen LogP contribution in [0.1, 0.15) is 24.8 Å². The van der Waals surface area contributed by atoms with Crippen LogP contribution in [0.25, 0.3) is 0 Å². The molecule has 0 fully saturated rings. The molecule has 12 heteroatoms. The van der Waals surface area contributed by atoms with Crippen molar-refractivity contribution in [2.45, 2.75) is 36.5 Å². The molecule has 0 saturated carbocycles. The lowest BCUT2D eigenvalue weighted by Crippen LogP contribution is -2.35. The van der Waals surface area contributed by atoms with Crippen LogP contribution in [0.4, 0.5) is 36.3 Å². The maximum atomic E-state index is 13.0. The summed E-state index contributed by atoms with van der Waals surface area (Å²) in [5.74, 6) is -0.300. The van der Waals surface area contributed by atoms with Crippen molar-refractivity contribution < 1.29 is 18.0 Å². The number of hydrogen-bond donors (Lipinski definition) is 4. The number of hydrogen-bond acceptors (Lipinski definition) is 8. The number of amides is 1. The van der Waals surface area contributed by atoms with Crippen LogP contribution in [0.2, 0.25) is 0 Å². The number of nitrogens with two attached hydrogens (primary N) is 2. The number of nitrogens with one attached hydrogen (secondary N) is 2. The Balaban J connectivity index is 2.23. The molecule has 2 rings (SSSR count). The molecule has 0 radical (unpaired) electrons. The second-order valence-corrected chi connectivity index (χ2v) is 8.21. The number of unbranched alkanes of at least 4 members (excludes halogenated alkanes) is 1. The molecule has 0 aliphatic carbocycles. The van der Waals surface area contributed by atoms with Gasteiger partial charge in [0.05, 0.1) is 5.56 Å². The van der Waals surface area contributed by atoms with Gasteiger partial charge < -0.3 is 27.0 Å². The molecule has 1 heterocycles. The standard InChI is InChI=1S/C20H28F3N7OS/c1-30(2)10-5-4-9-14(27-16-15(24)18(32-3)29-19(25)28-16)17(31)26-13-8-6-7-12(11-13)20(21,22)23/h6-8,11,14H,4-5,9-10,24H2,1-3H3,(H,26,31)(H3,25,27,28,29)/t14-/m0/s1. The Morgan fingerprint density at radius 1 is 1.22 bits per heavy atom. The number of carbonyl (C=O) groups excluding carboxylic acids is 1. The number of nitrogens with zero attached hydrogens (tertiary/aromatic N) is 3. The summed E-state index contributed by atoms with van der Waals surface area (Å²) in [5.41, 5.74) is 11.3. The summed E-state index contributed by atoms with van der Waals surface area (Å²) in [6.45, 7) is 0.835. The van der Waals surface area contributed by atoms with Gasteiger partial charge in [0.15, 0.2) is 5.82 Å². The molecule has 32 heavy (non-hydrogen) atoms. The quantitative estimate of drug-likeness (QED) is 0.236. The Bertz CT molecular complexity index is 925. The third-order valence-corrected chi connectivity index (χ3v) is 5.25. The minimum atomic E-state index is -4.51. The van der Waals surface area contributed by atoms with Gasteiger partial charge in [-0.15, -0.1) is 11.8 Å². The van der Waals surface area contributed by atoms with Crippen LogP contribution >= 0.6 is 11.8 Å². The maximum absolute atomic E-state index is 13.0. The van der Waals surface area contributed by atoms with E-state index in [9.17, 15) is 18.0 Å². The molecule has 0 unspecified atom stereocenters. The Morgan fingerprint density at radius 2 is 1.94 bits per heavy atom. The number of thioether (sulfide) groups is 1. The zero-order valence-electron chi connectivity index (χ0n) is 18.2. The first kappa shape index (κ1) is 25.5. The molecular formula is C20H28F3N7OS. The van der Waals surface area contributed by atoms with Gasteiger partial charge >= 0.3 is 6.18 Å². The molecular weight excluding hydrogens is 443 g/mol. The summed E-state index contributed by atoms with van der Waals surface area (Å²) in [5, 5.41) is 6.02. The molecule has 176 valence electrons. The van der Waals surface area contributed by atoms with Gasteiger partial charge in [-0.3, -0.25) is 4.79 Å². The van der Waals surface area contributed by atoms with Gasteiger partial charge in [-0.05, 0) is 64.4 Å². The summed E-state index contributed by atoms with van der Waals surface area (Å²) >= 11 is 1.28. The average Bonchev–Trinajstić information content (AvgIpc) is 2.71. The van der Waals surface area contributed by atoms with E-state index in [0.29, 0.717) is 17.9 Å². The van der Waals surface area contributed by atoms with Gasteiger partial charge in [0.2, 0.25) is 11.9 Å². The van der Waals surface area contributed by atoms with E-state index < -0.39 is 23.7 Å². The molecule has 0 bridgehead atoms. The van der Waals surface area contributed by atoms with Crippen molar-refractivity contribution in [3.63, 3.8) is 0 Å². The Kier molecular flexibility index (Phi) is 8.96.